The van der Waals surface area contributed by atoms with Gasteiger partial charge in [0.2, 0.25) is 0 Å². The predicted octanol–water partition coefficient (Wildman–Crippen LogP) is 3.68. The van der Waals surface area contributed by atoms with Crippen molar-refractivity contribution in [3.05, 3.63) is 28.8 Å². The molecule has 1 aromatic rings. The third kappa shape index (κ3) is 3.09. The Morgan fingerprint density at radius 2 is 1.94 bits per heavy atom. The van der Waals surface area contributed by atoms with Crippen molar-refractivity contribution < 1.29 is 9.53 Å². The molecular weight excluding hydrogens is 200 g/mol. The summed E-state index contributed by atoms with van der Waals surface area (Å²) in [5, 5.41) is 0. The quantitative estimate of drug-likeness (QED) is 0.559. The molecule has 0 aliphatic heterocycles. The van der Waals surface area contributed by atoms with Crippen molar-refractivity contribution >= 4 is 5.78 Å². The van der Waals surface area contributed by atoms with Crippen LogP contribution in [0.2, 0.25) is 0 Å². The van der Waals surface area contributed by atoms with Crippen LogP contribution in [0.4, 0.5) is 0 Å². The van der Waals surface area contributed by atoms with Gasteiger partial charge in [-0.3, -0.25) is 4.79 Å². The Bertz CT molecular complexity index is 381. The number of hydrogen-bond acceptors (Lipinski definition) is 2. The van der Waals surface area contributed by atoms with E-state index in [0.29, 0.717) is 0 Å². The molecule has 16 heavy (non-hydrogen) atoms. The van der Waals surface area contributed by atoms with E-state index >= 15 is 0 Å². The highest BCUT2D eigenvalue weighted by Crippen LogP contribution is 2.23. The van der Waals surface area contributed by atoms with Crippen LogP contribution in [0.15, 0.2) is 12.1 Å². The lowest BCUT2D eigenvalue weighted by atomic mass is 10.0. The van der Waals surface area contributed by atoms with Gasteiger partial charge < -0.3 is 4.74 Å². The molecule has 0 aliphatic rings. The molecular formula is C14H20O2. The second-order valence-electron chi connectivity index (χ2n) is 4.19. The highest BCUT2D eigenvalue weighted by molar-refractivity contribution is 5.95. The molecule has 88 valence electrons. The van der Waals surface area contributed by atoms with E-state index in [1.54, 1.807) is 6.92 Å². The lowest BCUT2D eigenvalue weighted by molar-refractivity contribution is 0.101. The van der Waals surface area contributed by atoms with E-state index in [-0.39, 0.29) is 5.78 Å². The van der Waals surface area contributed by atoms with Gasteiger partial charge in [0.15, 0.2) is 5.78 Å². The molecule has 1 aromatic carbocycles. The van der Waals surface area contributed by atoms with Gasteiger partial charge in [0.25, 0.3) is 0 Å². The number of hydrogen-bond donors (Lipinski definition) is 0. The highest BCUT2D eigenvalue weighted by Gasteiger charge is 2.08. The van der Waals surface area contributed by atoms with Crippen LogP contribution >= 0.6 is 0 Å². The Labute approximate surface area is 97.6 Å². The van der Waals surface area contributed by atoms with E-state index in [0.717, 1.165) is 41.9 Å². The molecule has 1 rings (SSSR count). The number of Topliss-reactive ketones (excluding diaryl/α,β-unsaturated/α-hetero) is 1. The minimum absolute atomic E-state index is 0.112. The molecule has 0 saturated heterocycles. The van der Waals surface area contributed by atoms with Crippen LogP contribution in [0.5, 0.6) is 5.75 Å². The standard InChI is InChI=1S/C14H20O2/c1-5-6-7-16-14-9-10(2)13(12(4)15)8-11(14)3/h8-9H,5-7H2,1-4H3. The second-order valence-corrected chi connectivity index (χ2v) is 4.19. The smallest absolute Gasteiger partial charge is 0.160 e. The van der Waals surface area contributed by atoms with Gasteiger partial charge >= 0.3 is 0 Å². The van der Waals surface area contributed by atoms with Gasteiger partial charge in [0.1, 0.15) is 5.75 Å². The van der Waals surface area contributed by atoms with Crippen molar-refractivity contribution in [3.63, 3.8) is 0 Å². The third-order valence-corrected chi connectivity index (χ3v) is 2.66. The molecule has 0 saturated carbocycles. The fourth-order valence-electron chi connectivity index (χ4n) is 1.65. The summed E-state index contributed by atoms with van der Waals surface area (Å²) in [5.41, 5.74) is 2.82. The molecule has 0 spiro atoms. The summed E-state index contributed by atoms with van der Waals surface area (Å²) < 4.78 is 5.68. The Balaban J connectivity index is 2.88. The minimum atomic E-state index is 0.112. The molecule has 2 nitrogen and oxygen atoms in total. The van der Waals surface area contributed by atoms with E-state index < -0.39 is 0 Å². The Morgan fingerprint density at radius 1 is 1.25 bits per heavy atom. The zero-order valence-corrected chi connectivity index (χ0v) is 10.6. The first-order valence-electron chi connectivity index (χ1n) is 5.81. The number of benzene rings is 1. The average Bonchev–Trinajstić information content (AvgIpc) is 2.22. The van der Waals surface area contributed by atoms with Crippen LogP contribution in [-0.2, 0) is 0 Å². The Kier molecular flexibility index (Phi) is 4.53. The Hall–Kier alpha value is -1.31. The van der Waals surface area contributed by atoms with Crippen molar-refractivity contribution in [1.82, 2.24) is 0 Å². The van der Waals surface area contributed by atoms with Gasteiger partial charge in [0, 0.05) is 5.56 Å². The van der Waals surface area contributed by atoms with E-state index in [2.05, 4.69) is 6.92 Å². The van der Waals surface area contributed by atoms with Crippen molar-refractivity contribution in [1.29, 1.82) is 0 Å². The molecule has 0 atom stereocenters. The first kappa shape index (κ1) is 12.8. The van der Waals surface area contributed by atoms with Crippen LogP contribution in [0, 0.1) is 13.8 Å². The van der Waals surface area contributed by atoms with Gasteiger partial charge in [-0.25, -0.2) is 0 Å². The van der Waals surface area contributed by atoms with Gasteiger partial charge in [0.05, 0.1) is 6.61 Å². The van der Waals surface area contributed by atoms with E-state index in [1.165, 1.54) is 0 Å². The monoisotopic (exact) mass is 220 g/mol. The summed E-state index contributed by atoms with van der Waals surface area (Å²) in [7, 11) is 0. The number of ether oxygens (including phenoxy) is 1. The summed E-state index contributed by atoms with van der Waals surface area (Å²) in [6.45, 7) is 8.41. The fourth-order valence-corrected chi connectivity index (χ4v) is 1.65. The second kappa shape index (κ2) is 5.69. The number of ketones is 1. The molecule has 0 fully saturated rings. The molecule has 0 unspecified atom stereocenters. The maximum Gasteiger partial charge on any atom is 0.160 e. The molecule has 0 radical (unpaired) electrons. The first-order chi connectivity index (χ1) is 7.56. The zero-order valence-electron chi connectivity index (χ0n) is 10.6. The predicted molar refractivity (Wildman–Crippen MR) is 66.3 cm³/mol. The lowest BCUT2D eigenvalue weighted by Gasteiger charge is -2.11. The average molecular weight is 220 g/mol. The molecule has 0 amide bonds. The van der Waals surface area contributed by atoms with Crippen molar-refractivity contribution in [2.45, 2.75) is 40.5 Å². The van der Waals surface area contributed by atoms with E-state index in [4.69, 9.17) is 4.74 Å². The van der Waals surface area contributed by atoms with Crippen molar-refractivity contribution in [2.75, 3.05) is 6.61 Å². The van der Waals surface area contributed by atoms with Crippen LogP contribution < -0.4 is 4.74 Å². The number of rotatable bonds is 5. The summed E-state index contributed by atoms with van der Waals surface area (Å²) in [4.78, 5) is 11.3. The van der Waals surface area contributed by atoms with Crippen molar-refractivity contribution in [3.8, 4) is 5.75 Å². The SMILES string of the molecule is CCCCOc1cc(C)c(C(C)=O)cc1C. The van der Waals surface area contributed by atoms with Crippen molar-refractivity contribution in [2.24, 2.45) is 0 Å². The molecule has 0 aromatic heterocycles. The Morgan fingerprint density at radius 3 is 2.50 bits per heavy atom. The fraction of sp³-hybridized carbons (Fsp3) is 0.500. The van der Waals surface area contributed by atoms with Gasteiger partial charge in [-0.05, 0) is 50.5 Å². The van der Waals surface area contributed by atoms with Crippen LogP contribution in [0.1, 0.15) is 48.2 Å². The first-order valence-corrected chi connectivity index (χ1v) is 5.81. The minimum Gasteiger partial charge on any atom is -0.493 e. The highest BCUT2D eigenvalue weighted by atomic mass is 16.5. The summed E-state index contributed by atoms with van der Waals surface area (Å²) in [6.07, 6.45) is 2.19. The largest absolute Gasteiger partial charge is 0.493 e. The number of carbonyl (C=O) groups is 1. The number of aryl methyl sites for hydroxylation is 2. The molecule has 2 heteroatoms. The van der Waals surface area contributed by atoms with Crippen LogP contribution in [-0.4, -0.2) is 12.4 Å². The molecule has 0 N–H and O–H groups in total. The molecule has 0 aliphatic carbocycles. The maximum atomic E-state index is 11.3. The van der Waals surface area contributed by atoms with Gasteiger partial charge in [-0.1, -0.05) is 13.3 Å². The normalized spacial score (nSPS) is 10.2. The van der Waals surface area contributed by atoms with E-state index in [1.807, 2.05) is 26.0 Å². The number of carbonyl (C=O) groups excluding carboxylic acids is 1. The number of unbranched alkanes of at least 4 members (excludes halogenated alkanes) is 1. The van der Waals surface area contributed by atoms with Crippen LogP contribution in [0.25, 0.3) is 0 Å². The molecule has 0 heterocycles. The summed E-state index contributed by atoms with van der Waals surface area (Å²) >= 11 is 0. The zero-order chi connectivity index (χ0) is 12.1. The topological polar surface area (TPSA) is 26.3 Å². The molecule has 0 bridgehead atoms. The maximum absolute atomic E-state index is 11.3. The van der Waals surface area contributed by atoms with Gasteiger partial charge in [-0.15, -0.1) is 0 Å². The van der Waals surface area contributed by atoms with Gasteiger partial charge in [-0.2, -0.15) is 0 Å². The van der Waals surface area contributed by atoms with E-state index in [9.17, 15) is 4.79 Å². The van der Waals surface area contributed by atoms with Crippen LogP contribution in [0.3, 0.4) is 0 Å². The summed E-state index contributed by atoms with van der Waals surface area (Å²) in [5.74, 6) is 1.01. The third-order valence-electron chi connectivity index (χ3n) is 2.66. The summed E-state index contributed by atoms with van der Waals surface area (Å²) in [6, 6.07) is 3.88. The lowest BCUT2D eigenvalue weighted by Crippen LogP contribution is -2.02.